The van der Waals surface area contributed by atoms with Crippen molar-refractivity contribution in [2.24, 2.45) is 0 Å². The molecule has 0 amide bonds. The van der Waals surface area contributed by atoms with Gasteiger partial charge in [-0.1, -0.05) is 0 Å². The van der Waals surface area contributed by atoms with E-state index in [1.54, 1.807) is 0 Å². The topological polar surface area (TPSA) is 118 Å². The van der Waals surface area contributed by atoms with Crippen LogP contribution < -0.4 is 21.9 Å². The Hall–Kier alpha value is -1.80. The van der Waals surface area contributed by atoms with Gasteiger partial charge in [0, 0.05) is 0 Å². The summed E-state index contributed by atoms with van der Waals surface area (Å²) in [4.78, 5) is 0. The van der Waals surface area contributed by atoms with E-state index in [4.69, 9.17) is 13.6 Å². The van der Waals surface area contributed by atoms with Gasteiger partial charge < -0.3 is 27.0 Å². The summed E-state index contributed by atoms with van der Waals surface area (Å²) in [6, 6.07) is 0. The van der Waals surface area contributed by atoms with Crippen molar-refractivity contribution < 1.29 is 40.0 Å². The van der Waals surface area contributed by atoms with E-state index in [2.05, 4.69) is 8.37 Å². The first kappa shape index (κ1) is 9.25. The summed E-state index contributed by atoms with van der Waals surface area (Å²) >= 11 is 0. The minimum atomic E-state index is -4.31. The second-order valence-electron chi connectivity index (χ2n) is 3.29. The Morgan fingerprint density at radius 3 is 2.12 bits per heavy atom. The average Bonchev–Trinajstić information content (AvgIpc) is 2.81. The van der Waals surface area contributed by atoms with Gasteiger partial charge in [-0.05, 0) is 0 Å². The van der Waals surface area contributed by atoms with Crippen LogP contribution in [0.3, 0.4) is 0 Å². The third-order valence-corrected chi connectivity index (χ3v) is 4.20. The Labute approximate surface area is 93.4 Å². The van der Waals surface area contributed by atoms with Crippen LogP contribution in [-0.4, -0.2) is 13.5 Å². The van der Waals surface area contributed by atoms with E-state index in [1.165, 1.54) is 0 Å². The quantitative estimate of drug-likeness (QED) is 0.684. The lowest BCUT2D eigenvalue weighted by atomic mass is 10.2. The van der Waals surface area contributed by atoms with E-state index in [1.807, 2.05) is 0 Å². The molecule has 2 bridgehead atoms. The molecule has 90 valence electrons. The minimum absolute atomic E-state index is 0.162. The highest BCUT2D eigenvalue weighted by atomic mass is 32.3. The van der Waals surface area contributed by atoms with Crippen molar-refractivity contribution in [3.05, 3.63) is 0 Å². The van der Waals surface area contributed by atoms with E-state index >= 15 is 0 Å². The van der Waals surface area contributed by atoms with Crippen LogP contribution in [0.2, 0.25) is 0 Å². The van der Waals surface area contributed by atoms with Gasteiger partial charge in [-0.25, -0.2) is 0 Å². The fourth-order valence-corrected chi connectivity index (χ4v) is 3.68. The fraction of sp³-hybridized carbons (Fsp3) is 0. The monoisotopic (exact) mass is 280 g/mol. The van der Waals surface area contributed by atoms with E-state index in [-0.39, 0.29) is 17.2 Å². The molecule has 1 unspecified atom stereocenters. The second-order valence-corrected chi connectivity index (χ2v) is 5.88. The molecule has 1 atom stereocenters. The van der Waals surface area contributed by atoms with Gasteiger partial charge in [0.15, 0.2) is 0 Å². The van der Waals surface area contributed by atoms with Gasteiger partial charge in [0.25, 0.3) is 0 Å². The van der Waals surface area contributed by atoms with Crippen LogP contribution in [0.5, 0.6) is 34.5 Å². The maximum atomic E-state index is 11.6. The summed E-state index contributed by atoms with van der Waals surface area (Å²) in [5.74, 6) is -2.21. The molecule has 3 heterocycles. The van der Waals surface area contributed by atoms with Gasteiger partial charge in [-0.15, -0.1) is 8.42 Å². The molecule has 0 radical (unpaired) electrons. The molecule has 0 spiro atoms. The third kappa shape index (κ3) is 0.949. The number of rotatable bonds is 0. The molecule has 0 saturated carbocycles. The van der Waals surface area contributed by atoms with Gasteiger partial charge in [0.1, 0.15) is 0 Å². The normalized spacial score (nSPS) is 28.5. The van der Waals surface area contributed by atoms with E-state index in [9.17, 15) is 18.1 Å². The number of phosphoric ester groups is 1. The summed E-state index contributed by atoms with van der Waals surface area (Å²) in [5, 5.41) is 9.67. The first-order chi connectivity index (χ1) is 7.89. The molecule has 3 aliphatic rings. The molecule has 4 rings (SSSR count). The summed E-state index contributed by atoms with van der Waals surface area (Å²) in [6.07, 6.45) is 0. The molecule has 3 aliphatic heterocycles. The molecule has 9 nitrogen and oxygen atoms in total. The van der Waals surface area contributed by atoms with Crippen LogP contribution in [0.1, 0.15) is 0 Å². The largest absolute Gasteiger partial charge is 0.647 e. The van der Waals surface area contributed by atoms with Crippen molar-refractivity contribution in [2.45, 2.75) is 0 Å². The van der Waals surface area contributed by atoms with Crippen LogP contribution in [0.15, 0.2) is 0 Å². The van der Waals surface area contributed by atoms with Crippen LogP contribution in [0.4, 0.5) is 0 Å². The molecular weight excluding hydrogens is 279 g/mol. The Kier molecular flexibility index (Phi) is 1.22. The average molecular weight is 280 g/mol. The number of aromatic hydroxyl groups is 1. The maximum Gasteiger partial charge on any atom is 0.647 e. The summed E-state index contributed by atoms with van der Waals surface area (Å²) in [6.45, 7) is 0. The third-order valence-electron chi connectivity index (χ3n) is 2.24. The summed E-state index contributed by atoms with van der Waals surface area (Å²) in [7, 11) is -8.15. The Morgan fingerprint density at radius 2 is 1.41 bits per heavy atom. The Balaban J connectivity index is 2.11. The first-order valence-corrected chi connectivity index (χ1v) is 6.94. The lowest BCUT2D eigenvalue weighted by Gasteiger charge is -2.11. The van der Waals surface area contributed by atoms with Crippen LogP contribution in [0.25, 0.3) is 0 Å². The molecule has 0 aliphatic carbocycles. The van der Waals surface area contributed by atoms with Crippen molar-refractivity contribution in [1.82, 2.24) is 0 Å². The van der Waals surface area contributed by atoms with Crippen LogP contribution in [0, 0.1) is 0 Å². The molecule has 0 fully saturated rings. The van der Waals surface area contributed by atoms with Gasteiger partial charge in [-0.3, -0.25) is 0 Å². The minimum Gasteiger partial charge on any atom is -0.501 e. The molecule has 0 aromatic heterocycles. The Bertz CT molecular complexity index is 735. The summed E-state index contributed by atoms with van der Waals surface area (Å²) < 4.78 is 56.9. The molecule has 0 saturated heterocycles. The zero-order valence-electron chi connectivity index (χ0n) is 7.57. The van der Waals surface area contributed by atoms with Crippen molar-refractivity contribution in [3.63, 3.8) is 0 Å². The number of benzene rings is 1. The van der Waals surface area contributed by atoms with Gasteiger partial charge in [0.05, 0.1) is 0 Å². The van der Waals surface area contributed by atoms with Gasteiger partial charge in [-0.2, -0.15) is 4.57 Å². The number of phenols is 1. The van der Waals surface area contributed by atoms with Crippen LogP contribution >= 0.6 is 7.82 Å². The maximum absolute atomic E-state index is 11.6. The second kappa shape index (κ2) is 2.24. The van der Waals surface area contributed by atoms with Crippen molar-refractivity contribution in [1.29, 1.82) is 0 Å². The smallest absolute Gasteiger partial charge is 0.501 e. The first-order valence-electron chi connectivity index (χ1n) is 4.14. The summed E-state index contributed by atoms with van der Waals surface area (Å²) in [5.41, 5.74) is 0. The number of hydrogen-bond donors (Lipinski definition) is 1. The number of phosphoric acid groups is 1. The van der Waals surface area contributed by atoms with Crippen molar-refractivity contribution in [2.75, 3.05) is 0 Å². The molecule has 1 aromatic carbocycles. The molecular formula is C6HO9PS. The van der Waals surface area contributed by atoms with Gasteiger partial charge in [0.2, 0.25) is 34.5 Å². The lowest BCUT2D eigenvalue weighted by Crippen LogP contribution is -2.08. The lowest BCUT2D eigenvalue weighted by molar-refractivity contribution is 0.340. The molecule has 1 aromatic rings. The van der Waals surface area contributed by atoms with E-state index in [0.29, 0.717) is 0 Å². The molecule has 17 heavy (non-hydrogen) atoms. The molecule has 1 N–H and O–H groups in total. The zero-order chi connectivity index (χ0) is 12.0. The SMILES string of the molecule is O=P12Oc3c(O)c4c(c(c3O1)O2)OS(=O)(=O)O4. The Morgan fingerprint density at radius 1 is 0.882 bits per heavy atom. The predicted molar refractivity (Wildman–Crippen MR) is 47.8 cm³/mol. The van der Waals surface area contributed by atoms with Crippen LogP contribution in [-0.2, 0) is 15.0 Å². The number of hydrogen-bond acceptors (Lipinski definition) is 9. The highest BCUT2D eigenvalue weighted by Gasteiger charge is 2.57. The number of fused-ring (bicyclic) bond motifs is 3. The highest BCUT2D eigenvalue weighted by Crippen LogP contribution is 2.76. The number of phenolic OH excluding ortho intramolecular Hbond substituents is 1. The fourth-order valence-electron chi connectivity index (χ4n) is 1.64. The predicted octanol–water partition coefficient (Wildman–Crippen LogP) is 0.680. The van der Waals surface area contributed by atoms with E-state index < -0.39 is 35.5 Å². The zero-order valence-corrected chi connectivity index (χ0v) is 9.28. The standard InChI is InChI=1S/C6HO9PS/c7-1-2-4-5(13-16(8,11-2)12-4)6-3(1)14-17(9,10)15-6/h7H. The molecule has 11 heteroatoms. The van der Waals surface area contributed by atoms with Gasteiger partial charge >= 0.3 is 18.2 Å². The van der Waals surface area contributed by atoms with Crippen molar-refractivity contribution in [3.8, 4) is 34.5 Å². The van der Waals surface area contributed by atoms with Crippen molar-refractivity contribution >= 4 is 18.2 Å². The highest BCUT2D eigenvalue weighted by molar-refractivity contribution is 7.82. The van der Waals surface area contributed by atoms with E-state index in [0.717, 1.165) is 0 Å².